The van der Waals surface area contributed by atoms with E-state index in [1.54, 1.807) is 19.1 Å². The molecule has 0 aliphatic rings. The van der Waals surface area contributed by atoms with Crippen LogP contribution in [0.5, 0.6) is 0 Å². The van der Waals surface area contributed by atoms with Gasteiger partial charge in [-0.1, -0.05) is 18.8 Å². The molecule has 6 heteroatoms. The molecule has 20 heavy (non-hydrogen) atoms. The summed E-state index contributed by atoms with van der Waals surface area (Å²) in [7, 11) is -3.57. The van der Waals surface area contributed by atoms with E-state index in [4.69, 9.17) is 10.8 Å². The maximum atomic E-state index is 12.4. The summed E-state index contributed by atoms with van der Waals surface area (Å²) in [4.78, 5) is 0.212. The fourth-order valence-corrected chi connectivity index (χ4v) is 3.32. The highest BCUT2D eigenvalue weighted by Crippen LogP contribution is 2.18. The SMILES string of the molecule is CCN(CCO)S(=O)(=O)c1ccc(C#CCN)c(C)c1. The van der Waals surface area contributed by atoms with Gasteiger partial charge in [0.2, 0.25) is 10.0 Å². The summed E-state index contributed by atoms with van der Waals surface area (Å²) in [5.41, 5.74) is 6.86. The molecule has 110 valence electrons. The number of hydrogen-bond donors (Lipinski definition) is 2. The monoisotopic (exact) mass is 296 g/mol. The molecule has 1 rings (SSSR count). The molecule has 0 bridgehead atoms. The highest BCUT2D eigenvalue weighted by Gasteiger charge is 2.22. The number of nitrogens with zero attached hydrogens (tertiary/aromatic N) is 1. The Bertz CT molecular complexity index is 615. The molecule has 0 spiro atoms. The highest BCUT2D eigenvalue weighted by atomic mass is 32.2. The Balaban J connectivity index is 3.17. The number of aliphatic hydroxyl groups excluding tert-OH is 1. The lowest BCUT2D eigenvalue weighted by molar-refractivity contribution is 0.257. The average Bonchev–Trinajstić information content (AvgIpc) is 2.43. The minimum Gasteiger partial charge on any atom is -0.395 e. The Kier molecular flexibility index (Phi) is 6.17. The molecule has 5 nitrogen and oxygen atoms in total. The zero-order valence-corrected chi connectivity index (χ0v) is 12.6. The Morgan fingerprint density at radius 3 is 2.60 bits per heavy atom. The van der Waals surface area contributed by atoms with Crippen LogP contribution >= 0.6 is 0 Å². The number of likely N-dealkylation sites (N-methyl/N-ethyl adjacent to an activating group) is 1. The first-order chi connectivity index (χ1) is 9.47. The lowest BCUT2D eigenvalue weighted by Gasteiger charge is -2.19. The summed E-state index contributed by atoms with van der Waals surface area (Å²) < 4.78 is 26.0. The third kappa shape index (κ3) is 3.81. The molecule has 1 aromatic rings. The topological polar surface area (TPSA) is 83.6 Å². The second-order valence-electron chi connectivity index (χ2n) is 4.20. The van der Waals surface area contributed by atoms with Crippen molar-refractivity contribution in [1.29, 1.82) is 0 Å². The summed E-state index contributed by atoms with van der Waals surface area (Å²) >= 11 is 0. The van der Waals surface area contributed by atoms with Gasteiger partial charge in [0.1, 0.15) is 0 Å². The standard InChI is InChI=1S/C14H20N2O3S/c1-3-16(9-10-17)20(18,19)14-7-6-13(5-4-8-15)12(2)11-14/h6-7,11,17H,3,8-10,15H2,1-2H3. The first-order valence-corrected chi connectivity index (χ1v) is 7.82. The van der Waals surface area contributed by atoms with Crippen LogP contribution in [0, 0.1) is 18.8 Å². The van der Waals surface area contributed by atoms with Crippen molar-refractivity contribution in [1.82, 2.24) is 4.31 Å². The van der Waals surface area contributed by atoms with Gasteiger partial charge in [0, 0.05) is 18.7 Å². The third-order valence-corrected chi connectivity index (χ3v) is 4.83. The van der Waals surface area contributed by atoms with Crippen LogP contribution in [0.1, 0.15) is 18.1 Å². The molecule has 0 aliphatic carbocycles. The van der Waals surface area contributed by atoms with Gasteiger partial charge in [-0.3, -0.25) is 0 Å². The van der Waals surface area contributed by atoms with Crippen molar-refractivity contribution < 1.29 is 13.5 Å². The summed E-state index contributed by atoms with van der Waals surface area (Å²) in [6, 6.07) is 4.80. The molecule has 3 N–H and O–H groups in total. The van der Waals surface area contributed by atoms with E-state index >= 15 is 0 Å². The second kappa shape index (κ2) is 7.41. The number of aryl methyl sites for hydroxylation is 1. The number of sulfonamides is 1. The molecule has 0 saturated carbocycles. The van der Waals surface area contributed by atoms with Gasteiger partial charge < -0.3 is 10.8 Å². The fourth-order valence-electron chi connectivity index (χ4n) is 1.79. The lowest BCUT2D eigenvalue weighted by atomic mass is 10.1. The average molecular weight is 296 g/mol. The third-order valence-electron chi connectivity index (χ3n) is 2.86. The molecule has 0 aliphatic heterocycles. The zero-order chi connectivity index (χ0) is 15.2. The maximum Gasteiger partial charge on any atom is 0.243 e. The molecular weight excluding hydrogens is 276 g/mol. The van der Waals surface area contributed by atoms with Crippen molar-refractivity contribution in [2.24, 2.45) is 5.73 Å². The van der Waals surface area contributed by atoms with E-state index in [0.717, 1.165) is 11.1 Å². The minimum atomic E-state index is -3.57. The van der Waals surface area contributed by atoms with Gasteiger partial charge in [-0.2, -0.15) is 4.31 Å². The van der Waals surface area contributed by atoms with Crippen molar-refractivity contribution in [2.75, 3.05) is 26.2 Å². The molecule has 0 amide bonds. The molecule has 0 atom stereocenters. The van der Waals surface area contributed by atoms with Crippen molar-refractivity contribution >= 4 is 10.0 Å². The van der Waals surface area contributed by atoms with Crippen molar-refractivity contribution in [2.45, 2.75) is 18.7 Å². The van der Waals surface area contributed by atoms with Crippen LogP contribution in [0.15, 0.2) is 23.1 Å². The Morgan fingerprint density at radius 1 is 1.40 bits per heavy atom. The smallest absolute Gasteiger partial charge is 0.243 e. The van der Waals surface area contributed by atoms with Gasteiger partial charge in [-0.25, -0.2) is 8.42 Å². The zero-order valence-electron chi connectivity index (χ0n) is 11.8. The van der Waals surface area contributed by atoms with Gasteiger partial charge in [-0.15, -0.1) is 0 Å². The predicted molar refractivity (Wildman–Crippen MR) is 78.6 cm³/mol. The minimum absolute atomic E-state index is 0.0899. The number of nitrogens with two attached hydrogens (primary N) is 1. The first-order valence-electron chi connectivity index (χ1n) is 6.38. The Labute approximate surface area is 120 Å². The molecule has 0 fully saturated rings. The van der Waals surface area contributed by atoms with E-state index in [2.05, 4.69) is 11.8 Å². The number of hydrogen-bond acceptors (Lipinski definition) is 4. The van der Waals surface area contributed by atoms with Gasteiger partial charge in [0.25, 0.3) is 0 Å². The van der Waals surface area contributed by atoms with Gasteiger partial charge >= 0.3 is 0 Å². The van der Waals surface area contributed by atoms with Crippen LogP contribution in [0.2, 0.25) is 0 Å². The van der Waals surface area contributed by atoms with Crippen molar-refractivity contribution in [3.8, 4) is 11.8 Å². The van der Waals surface area contributed by atoms with Crippen LogP contribution in [0.4, 0.5) is 0 Å². The second-order valence-corrected chi connectivity index (χ2v) is 6.14. The highest BCUT2D eigenvalue weighted by molar-refractivity contribution is 7.89. The quantitative estimate of drug-likeness (QED) is 0.766. The number of rotatable bonds is 5. The molecule has 1 aromatic carbocycles. The van der Waals surface area contributed by atoms with Gasteiger partial charge in [0.05, 0.1) is 18.0 Å². The Hall–Kier alpha value is -1.39. The number of benzene rings is 1. The van der Waals surface area contributed by atoms with Gasteiger partial charge in [-0.05, 0) is 30.7 Å². The molecule has 0 unspecified atom stereocenters. The van der Waals surface area contributed by atoms with Crippen molar-refractivity contribution in [3.05, 3.63) is 29.3 Å². The van der Waals surface area contributed by atoms with Gasteiger partial charge in [0.15, 0.2) is 0 Å². The summed E-state index contributed by atoms with van der Waals surface area (Å²) in [6.45, 7) is 4.01. The summed E-state index contributed by atoms with van der Waals surface area (Å²) in [6.07, 6.45) is 0. The molecule has 0 aromatic heterocycles. The first kappa shape index (κ1) is 16.7. The Morgan fingerprint density at radius 2 is 2.10 bits per heavy atom. The van der Waals surface area contributed by atoms with Crippen LogP contribution in [-0.2, 0) is 10.0 Å². The van der Waals surface area contributed by atoms with Crippen LogP contribution in [0.25, 0.3) is 0 Å². The van der Waals surface area contributed by atoms with Crippen molar-refractivity contribution in [3.63, 3.8) is 0 Å². The molecule has 0 heterocycles. The molecule has 0 radical (unpaired) electrons. The lowest BCUT2D eigenvalue weighted by Crippen LogP contribution is -2.33. The van der Waals surface area contributed by atoms with E-state index in [1.807, 2.05) is 6.92 Å². The van der Waals surface area contributed by atoms with E-state index in [9.17, 15) is 8.42 Å². The maximum absolute atomic E-state index is 12.4. The number of aliphatic hydroxyl groups is 1. The fraction of sp³-hybridized carbons (Fsp3) is 0.429. The normalized spacial score (nSPS) is 11.2. The van der Waals surface area contributed by atoms with Crippen LogP contribution in [0.3, 0.4) is 0 Å². The summed E-state index contributed by atoms with van der Waals surface area (Å²) in [5, 5.41) is 8.94. The van der Waals surface area contributed by atoms with E-state index in [0.29, 0.717) is 6.54 Å². The van der Waals surface area contributed by atoms with E-state index in [-0.39, 0.29) is 24.6 Å². The summed E-state index contributed by atoms with van der Waals surface area (Å²) in [5.74, 6) is 5.64. The van der Waals surface area contributed by atoms with E-state index < -0.39 is 10.0 Å². The molecule has 0 saturated heterocycles. The largest absolute Gasteiger partial charge is 0.395 e. The van der Waals surface area contributed by atoms with Crippen LogP contribution in [-0.4, -0.2) is 44.1 Å². The van der Waals surface area contributed by atoms with E-state index in [1.165, 1.54) is 10.4 Å². The predicted octanol–water partition coefficient (Wildman–Crippen LogP) is 0.308. The molecular formula is C14H20N2O3S. The van der Waals surface area contributed by atoms with Crippen LogP contribution < -0.4 is 5.73 Å².